The van der Waals surface area contributed by atoms with E-state index in [9.17, 15) is 22.0 Å². The van der Waals surface area contributed by atoms with Crippen molar-refractivity contribution in [3.05, 3.63) is 0 Å². The van der Waals surface area contributed by atoms with Gasteiger partial charge in [0.2, 0.25) is 0 Å². The Morgan fingerprint density at radius 1 is 1.14 bits per heavy atom. The average Bonchev–Trinajstić information content (AvgIpc) is 1.97. The van der Waals surface area contributed by atoms with Crippen molar-refractivity contribution in [3.63, 3.8) is 0 Å². The van der Waals surface area contributed by atoms with Crippen LogP contribution in [0.1, 0.15) is 32.6 Å². The van der Waals surface area contributed by atoms with Gasteiger partial charge >= 0.3 is 12.1 Å². The predicted molar refractivity (Wildman–Crippen MR) is 53.0 cm³/mol. The third-order valence-corrected chi connectivity index (χ3v) is 2.83. The van der Waals surface area contributed by atoms with E-state index in [1.807, 2.05) is 6.92 Å². The summed E-state index contributed by atoms with van der Waals surface area (Å²) in [5.74, 6) is -4.55. The van der Waals surface area contributed by atoms with Gasteiger partial charge in [-0.25, -0.2) is 0 Å². The SMILES string of the molecule is CCCC[C@@H](I)CC(F)(F)C(F)(F)F. The first-order valence-electron chi connectivity index (χ1n) is 4.29. The van der Waals surface area contributed by atoms with Gasteiger partial charge in [-0.15, -0.1) is 0 Å². The molecule has 0 aliphatic heterocycles. The monoisotopic (exact) mass is 330 g/mol. The van der Waals surface area contributed by atoms with Crippen LogP contribution in [0, 0.1) is 0 Å². The molecule has 0 saturated carbocycles. The van der Waals surface area contributed by atoms with Crippen LogP contribution in [0.3, 0.4) is 0 Å². The summed E-state index contributed by atoms with van der Waals surface area (Å²) in [4.78, 5) is 0. The second-order valence-electron chi connectivity index (χ2n) is 3.15. The third-order valence-electron chi connectivity index (χ3n) is 1.76. The second-order valence-corrected chi connectivity index (χ2v) is 4.91. The van der Waals surface area contributed by atoms with E-state index in [1.54, 1.807) is 22.6 Å². The summed E-state index contributed by atoms with van der Waals surface area (Å²) in [5, 5.41) is 0. The molecule has 0 amide bonds. The first-order chi connectivity index (χ1) is 6.20. The van der Waals surface area contributed by atoms with Crippen LogP contribution in [0.15, 0.2) is 0 Å². The molecule has 0 N–H and O–H groups in total. The molecule has 0 rings (SSSR count). The summed E-state index contributed by atoms with van der Waals surface area (Å²) in [7, 11) is 0. The maximum absolute atomic E-state index is 12.5. The van der Waals surface area contributed by atoms with Crippen molar-refractivity contribution in [1.82, 2.24) is 0 Å². The van der Waals surface area contributed by atoms with E-state index in [4.69, 9.17) is 0 Å². The van der Waals surface area contributed by atoms with Crippen LogP contribution < -0.4 is 0 Å². The standard InChI is InChI=1S/C8H12F5I/c1-2-3-4-6(14)5-7(9,10)8(11,12)13/h6H,2-5H2,1H3/t6-/m1/s1. The van der Waals surface area contributed by atoms with Crippen LogP contribution in [0.25, 0.3) is 0 Å². The zero-order valence-corrected chi connectivity index (χ0v) is 9.83. The maximum atomic E-state index is 12.5. The van der Waals surface area contributed by atoms with Gasteiger partial charge in [-0.05, 0) is 6.42 Å². The lowest BCUT2D eigenvalue weighted by molar-refractivity contribution is -0.283. The van der Waals surface area contributed by atoms with Gasteiger partial charge in [0, 0.05) is 10.3 Å². The minimum Gasteiger partial charge on any atom is -0.196 e. The fraction of sp³-hybridized carbons (Fsp3) is 1.00. The average molecular weight is 330 g/mol. The fourth-order valence-corrected chi connectivity index (χ4v) is 1.92. The minimum atomic E-state index is -5.41. The van der Waals surface area contributed by atoms with Gasteiger partial charge in [0.05, 0.1) is 0 Å². The Hall–Kier alpha value is 0.380. The number of halogens is 6. The van der Waals surface area contributed by atoms with E-state index >= 15 is 0 Å². The van der Waals surface area contributed by atoms with Crippen molar-refractivity contribution >= 4 is 22.6 Å². The molecule has 0 fully saturated rings. The molecule has 0 unspecified atom stereocenters. The molecule has 0 aromatic carbocycles. The number of unbranched alkanes of at least 4 members (excludes halogenated alkanes) is 1. The fourth-order valence-electron chi connectivity index (χ4n) is 0.922. The molecular formula is C8H12F5I. The molecule has 0 nitrogen and oxygen atoms in total. The number of alkyl halides is 6. The first kappa shape index (κ1) is 14.4. The van der Waals surface area contributed by atoms with E-state index < -0.39 is 22.4 Å². The normalized spacial score (nSPS) is 15.6. The van der Waals surface area contributed by atoms with E-state index in [0.717, 1.165) is 6.42 Å². The van der Waals surface area contributed by atoms with Gasteiger partial charge in [-0.2, -0.15) is 22.0 Å². The topological polar surface area (TPSA) is 0 Å². The van der Waals surface area contributed by atoms with Crippen LogP contribution in [0.4, 0.5) is 22.0 Å². The van der Waals surface area contributed by atoms with Crippen molar-refractivity contribution in [1.29, 1.82) is 0 Å². The smallest absolute Gasteiger partial charge is 0.196 e. The van der Waals surface area contributed by atoms with Gasteiger partial charge in [-0.1, -0.05) is 42.4 Å². The molecular weight excluding hydrogens is 318 g/mol. The predicted octanol–water partition coefficient (Wildman–Crippen LogP) is 4.57. The van der Waals surface area contributed by atoms with Crippen LogP contribution in [-0.4, -0.2) is 16.0 Å². The van der Waals surface area contributed by atoms with Crippen LogP contribution in [-0.2, 0) is 0 Å². The molecule has 6 heteroatoms. The van der Waals surface area contributed by atoms with Gasteiger partial charge in [0.15, 0.2) is 0 Å². The van der Waals surface area contributed by atoms with E-state index in [0.29, 0.717) is 12.8 Å². The molecule has 0 aliphatic rings. The molecule has 0 spiro atoms. The van der Waals surface area contributed by atoms with Gasteiger partial charge in [0.25, 0.3) is 0 Å². The lowest BCUT2D eigenvalue weighted by atomic mass is 10.1. The second kappa shape index (κ2) is 5.46. The van der Waals surface area contributed by atoms with Crippen LogP contribution >= 0.6 is 22.6 Å². The van der Waals surface area contributed by atoms with Gasteiger partial charge < -0.3 is 0 Å². The van der Waals surface area contributed by atoms with E-state index in [1.165, 1.54) is 0 Å². The molecule has 0 heterocycles. The van der Waals surface area contributed by atoms with E-state index in [2.05, 4.69) is 0 Å². The Balaban J connectivity index is 4.08. The molecule has 0 aromatic heterocycles. The highest BCUT2D eigenvalue weighted by atomic mass is 127. The molecule has 86 valence electrons. The third kappa shape index (κ3) is 4.75. The Bertz CT molecular complexity index is 166. The van der Waals surface area contributed by atoms with Crippen molar-refractivity contribution in [2.75, 3.05) is 0 Å². The van der Waals surface area contributed by atoms with Gasteiger partial charge in [0.1, 0.15) is 0 Å². The van der Waals surface area contributed by atoms with Crippen molar-refractivity contribution in [2.24, 2.45) is 0 Å². The summed E-state index contributed by atoms with van der Waals surface area (Å²) in [5.41, 5.74) is 0. The number of rotatable bonds is 5. The molecule has 14 heavy (non-hydrogen) atoms. The zero-order valence-electron chi connectivity index (χ0n) is 7.67. The van der Waals surface area contributed by atoms with Crippen molar-refractivity contribution in [2.45, 2.75) is 48.6 Å². The summed E-state index contributed by atoms with van der Waals surface area (Å²) in [6, 6.07) is 0. The van der Waals surface area contributed by atoms with Crippen LogP contribution in [0.5, 0.6) is 0 Å². The first-order valence-corrected chi connectivity index (χ1v) is 5.54. The lowest BCUT2D eigenvalue weighted by Crippen LogP contribution is -2.38. The summed E-state index contributed by atoms with van der Waals surface area (Å²) < 4.78 is 59.6. The largest absolute Gasteiger partial charge is 0.453 e. The highest BCUT2D eigenvalue weighted by Crippen LogP contribution is 2.40. The Morgan fingerprint density at radius 2 is 1.64 bits per heavy atom. The maximum Gasteiger partial charge on any atom is 0.453 e. The van der Waals surface area contributed by atoms with Gasteiger partial charge in [-0.3, -0.25) is 0 Å². The summed E-state index contributed by atoms with van der Waals surface area (Å²) in [6.07, 6.45) is -4.64. The van der Waals surface area contributed by atoms with E-state index in [-0.39, 0.29) is 0 Å². The molecule has 0 aromatic rings. The summed E-state index contributed by atoms with van der Waals surface area (Å²) >= 11 is 1.65. The Kier molecular flexibility index (Phi) is 5.61. The lowest BCUT2D eigenvalue weighted by Gasteiger charge is -2.21. The molecule has 0 bridgehead atoms. The molecule has 1 atom stereocenters. The van der Waals surface area contributed by atoms with Crippen LogP contribution in [0.2, 0.25) is 0 Å². The zero-order chi connectivity index (χ0) is 11.4. The minimum absolute atomic E-state index is 0.405. The number of hydrogen-bond donors (Lipinski definition) is 0. The van der Waals surface area contributed by atoms with Crippen molar-refractivity contribution in [3.8, 4) is 0 Å². The summed E-state index contributed by atoms with van der Waals surface area (Å²) in [6.45, 7) is 1.87. The Morgan fingerprint density at radius 3 is 2.00 bits per heavy atom. The molecule has 0 aliphatic carbocycles. The number of hydrogen-bond acceptors (Lipinski definition) is 0. The molecule has 0 saturated heterocycles. The van der Waals surface area contributed by atoms with Crippen molar-refractivity contribution < 1.29 is 22.0 Å². The molecule has 0 radical (unpaired) electrons. The highest BCUT2D eigenvalue weighted by Gasteiger charge is 2.57. The highest BCUT2D eigenvalue weighted by molar-refractivity contribution is 14.1. The quantitative estimate of drug-likeness (QED) is 0.394. The Labute approximate surface area is 93.4 Å².